The first-order valence-corrected chi connectivity index (χ1v) is 6.96. The third-order valence-electron chi connectivity index (χ3n) is 3.54. The van der Waals surface area contributed by atoms with Crippen LogP contribution in [0.15, 0.2) is 31.4 Å². The van der Waals surface area contributed by atoms with E-state index in [2.05, 4.69) is 53.0 Å². The normalized spacial score (nSPS) is 12.5. The fourth-order valence-electron chi connectivity index (χ4n) is 2.45. The predicted octanol–water partition coefficient (Wildman–Crippen LogP) is 5.70. The number of benzene rings is 1. The Hall–Kier alpha value is -1.30. The zero-order chi connectivity index (χ0) is 13.7. The number of allylic oxidation sites excluding steroid dienone is 1. The van der Waals surface area contributed by atoms with Crippen LogP contribution >= 0.6 is 0 Å². The van der Waals surface area contributed by atoms with Crippen molar-refractivity contribution >= 4 is 6.08 Å². The third kappa shape index (κ3) is 3.13. The van der Waals surface area contributed by atoms with Gasteiger partial charge in [-0.05, 0) is 40.5 Å². The zero-order valence-corrected chi connectivity index (χ0v) is 12.3. The standard InChI is InChI=1S/C18H26/c1-7-10-16-17(13(4)5)11-15(9-3)12-18(16)14(6)8-2/h8-9,11-14H,2-3,7,10H2,1,4-6H3. The van der Waals surface area contributed by atoms with Crippen molar-refractivity contribution in [3.63, 3.8) is 0 Å². The zero-order valence-electron chi connectivity index (χ0n) is 12.3. The van der Waals surface area contributed by atoms with Gasteiger partial charge >= 0.3 is 0 Å². The van der Waals surface area contributed by atoms with E-state index in [0.717, 1.165) is 6.42 Å². The molecule has 0 amide bonds. The predicted molar refractivity (Wildman–Crippen MR) is 83.2 cm³/mol. The van der Waals surface area contributed by atoms with Crippen LogP contribution in [0.25, 0.3) is 6.08 Å². The number of hydrogen-bond donors (Lipinski definition) is 0. The highest BCUT2D eigenvalue weighted by atomic mass is 14.2. The molecule has 18 heavy (non-hydrogen) atoms. The molecule has 0 N–H and O–H groups in total. The fraction of sp³-hybridized carbons (Fsp3) is 0.444. The van der Waals surface area contributed by atoms with Crippen molar-refractivity contribution in [2.24, 2.45) is 0 Å². The minimum atomic E-state index is 0.406. The first-order chi connectivity index (χ1) is 8.54. The van der Waals surface area contributed by atoms with E-state index in [1.165, 1.54) is 28.7 Å². The van der Waals surface area contributed by atoms with E-state index in [1.807, 2.05) is 12.2 Å². The van der Waals surface area contributed by atoms with Gasteiger partial charge in [0.2, 0.25) is 0 Å². The SMILES string of the molecule is C=Cc1cc(C(C)C)c(CCC)c(C(C)C=C)c1. The molecule has 0 saturated heterocycles. The number of rotatable bonds is 6. The van der Waals surface area contributed by atoms with Crippen molar-refractivity contribution in [3.05, 3.63) is 53.6 Å². The molecule has 1 aromatic carbocycles. The monoisotopic (exact) mass is 242 g/mol. The summed E-state index contributed by atoms with van der Waals surface area (Å²) >= 11 is 0. The topological polar surface area (TPSA) is 0 Å². The van der Waals surface area contributed by atoms with Gasteiger partial charge in [0.25, 0.3) is 0 Å². The molecule has 0 aliphatic rings. The van der Waals surface area contributed by atoms with Crippen molar-refractivity contribution in [3.8, 4) is 0 Å². The van der Waals surface area contributed by atoms with E-state index >= 15 is 0 Å². The minimum absolute atomic E-state index is 0.406. The Kier molecular flexibility index (Phi) is 5.40. The quantitative estimate of drug-likeness (QED) is 0.562. The van der Waals surface area contributed by atoms with E-state index in [0.29, 0.717) is 11.8 Å². The average Bonchev–Trinajstić information content (AvgIpc) is 2.37. The van der Waals surface area contributed by atoms with Gasteiger partial charge in [-0.1, -0.05) is 65.0 Å². The minimum Gasteiger partial charge on any atom is -0.102 e. The van der Waals surface area contributed by atoms with Crippen LogP contribution in [0.2, 0.25) is 0 Å². The molecule has 1 atom stereocenters. The van der Waals surface area contributed by atoms with Crippen molar-refractivity contribution in [1.29, 1.82) is 0 Å². The maximum absolute atomic E-state index is 3.94. The molecule has 0 radical (unpaired) electrons. The van der Waals surface area contributed by atoms with Crippen molar-refractivity contribution < 1.29 is 0 Å². The van der Waals surface area contributed by atoms with Gasteiger partial charge in [0.05, 0.1) is 0 Å². The summed E-state index contributed by atoms with van der Waals surface area (Å²) in [6.45, 7) is 16.8. The maximum atomic E-state index is 3.94. The lowest BCUT2D eigenvalue weighted by Gasteiger charge is -2.21. The highest BCUT2D eigenvalue weighted by Crippen LogP contribution is 2.31. The molecule has 1 unspecified atom stereocenters. The summed E-state index contributed by atoms with van der Waals surface area (Å²) in [5.74, 6) is 0.964. The smallest absolute Gasteiger partial charge is 0.00101 e. The van der Waals surface area contributed by atoms with Gasteiger partial charge in [-0.15, -0.1) is 6.58 Å². The first-order valence-electron chi connectivity index (χ1n) is 6.96. The molecule has 0 bridgehead atoms. The lowest BCUT2D eigenvalue weighted by molar-refractivity contribution is 0.797. The summed E-state index contributed by atoms with van der Waals surface area (Å²) in [5.41, 5.74) is 5.64. The molecule has 0 nitrogen and oxygen atoms in total. The van der Waals surface area contributed by atoms with Crippen LogP contribution in [0.3, 0.4) is 0 Å². The van der Waals surface area contributed by atoms with Crippen LogP contribution in [0, 0.1) is 0 Å². The molecule has 1 aromatic rings. The molecule has 0 aromatic heterocycles. The highest BCUT2D eigenvalue weighted by Gasteiger charge is 2.15. The van der Waals surface area contributed by atoms with Crippen molar-refractivity contribution in [2.45, 2.75) is 52.4 Å². The molecular weight excluding hydrogens is 216 g/mol. The summed E-state index contributed by atoms with van der Waals surface area (Å²) in [4.78, 5) is 0. The molecule has 0 fully saturated rings. The van der Waals surface area contributed by atoms with E-state index in [4.69, 9.17) is 0 Å². The summed E-state index contributed by atoms with van der Waals surface area (Å²) in [7, 11) is 0. The molecule has 0 heterocycles. The van der Waals surface area contributed by atoms with Gasteiger partial charge in [-0.3, -0.25) is 0 Å². The Morgan fingerprint density at radius 1 is 1.11 bits per heavy atom. The first kappa shape index (κ1) is 14.8. The van der Waals surface area contributed by atoms with E-state index in [-0.39, 0.29) is 0 Å². The summed E-state index contributed by atoms with van der Waals surface area (Å²) in [5, 5.41) is 0. The molecule has 0 heteroatoms. The largest absolute Gasteiger partial charge is 0.102 e. The molecule has 98 valence electrons. The van der Waals surface area contributed by atoms with Gasteiger partial charge in [0.15, 0.2) is 0 Å². The van der Waals surface area contributed by atoms with Gasteiger partial charge in [-0.2, -0.15) is 0 Å². The Morgan fingerprint density at radius 2 is 1.72 bits per heavy atom. The van der Waals surface area contributed by atoms with E-state index in [1.54, 1.807) is 0 Å². The highest BCUT2D eigenvalue weighted by molar-refractivity contribution is 5.55. The Bertz CT molecular complexity index is 424. The summed E-state index contributed by atoms with van der Waals surface area (Å²) < 4.78 is 0. The fourth-order valence-corrected chi connectivity index (χ4v) is 2.45. The lowest BCUT2D eigenvalue weighted by atomic mass is 9.84. The van der Waals surface area contributed by atoms with Gasteiger partial charge in [0, 0.05) is 0 Å². The van der Waals surface area contributed by atoms with E-state index < -0.39 is 0 Å². The molecule has 0 spiro atoms. The molecule has 0 aliphatic carbocycles. The third-order valence-corrected chi connectivity index (χ3v) is 3.54. The van der Waals surface area contributed by atoms with Crippen LogP contribution in [-0.2, 0) is 6.42 Å². The Labute approximate surface area is 112 Å². The summed E-state index contributed by atoms with van der Waals surface area (Å²) in [6.07, 6.45) is 6.31. The Morgan fingerprint density at radius 3 is 2.17 bits per heavy atom. The number of hydrogen-bond acceptors (Lipinski definition) is 0. The van der Waals surface area contributed by atoms with Crippen LogP contribution in [0.4, 0.5) is 0 Å². The van der Waals surface area contributed by atoms with Crippen LogP contribution in [-0.4, -0.2) is 0 Å². The molecule has 0 saturated carbocycles. The van der Waals surface area contributed by atoms with Crippen LogP contribution in [0.5, 0.6) is 0 Å². The molecule has 1 rings (SSSR count). The second-order valence-electron chi connectivity index (χ2n) is 5.31. The maximum Gasteiger partial charge on any atom is -0.00101 e. The summed E-state index contributed by atoms with van der Waals surface area (Å²) in [6, 6.07) is 4.57. The average molecular weight is 242 g/mol. The van der Waals surface area contributed by atoms with Gasteiger partial charge < -0.3 is 0 Å². The van der Waals surface area contributed by atoms with Gasteiger partial charge in [0.1, 0.15) is 0 Å². The van der Waals surface area contributed by atoms with Gasteiger partial charge in [-0.25, -0.2) is 0 Å². The molecular formula is C18H26. The van der Waals surface area contributed by atoms with Crippen LogP contribution < -0.4 is 0 Å². The second kappa shape index (κ2) is 6.58. The Balaban J connectivity index is 3.48. The van der Waals surface area contributed by atoms with E-state index in [9.17, 15) is 0 Å². The van der Waals surface area contributed by atoms with Crippen LogP contribution in [0.1, 0.15) is 68.2 Å². The molecule has 0 aliphatic heterocycles. The lowest BCUT2D eigenvalue weighted by Crippen LogP contribution is -2.05. The second-order valence-corrected chi connectivity index (χ2v) is 5.31. The van der Waals surface area contributed by atoms with Crippen molar-refractivity contribution in [2.75, 3.05) is 0 Å². The van der Waals surface area contributed by atoms with Crippen molar-refractivity contribution in [1.82, 2.24) is 0 Å².